The second-order valence-corrected chi connectivity index (χ2v) is 5.10. The molecule has 0 spiro atoms. The number of rotatable bonds is 4. The molecule has 0 aromatic heterocycles. The molecule has 4 heteroatoms. The van der Waals surface area contributed by atoms with Crippen LogP contribution in [-0.4, -0.2) is 24.4 Å². The van der Waals surface area contributed by atoms with Crippen LogP contribution in [0.3, 0.4) is 0 Å². The van der Waals surface area contributed by atoms with Crippen molar-refractivity contribution in [3.8, 4) is 5.75 Å². The summed E-state index contributed by atoms with van der Waals surface area (Å²) in [6, 6.07) is 14.9. The fourth-order valence-corrected chi connectivity index (χ4v) is 2.62. The molecular weight excluding hydrogens is 266 g/mol. The molecule has 0 fully saturated rings. The normalized spacial score (nSPS) is 13.6. The van der Waals surface area contributed by atoms with E-state index in [1.165, 1.54) is 11.3 Å². The molecule has 0 saturated heterocycles. The van der Waals surface area contributed by atoms with E-state index in [1.54, 1.807) is 24.3 Å². The molecule has 1 heterocycles. The molecule has 0 radical (unpaired) electrons. The molecule has 0 amide bonds. The molecule has 4 nitrogen and oxygen atoms in total. The molecule has 0 bridgehead atoms. The van der Waals surface area contributed by atoms with E-state index < -0.39 is 5.97 Å². The highest BCUT2D eigenvalue weighted by molar-refractivity contribution is 5.88. The van der Waals surface area contributed by atoms with Crippen LogP contribution in [0.1, 0.15) is 22.3 Å². The molecule has 0 aliphatic carbocycles. The number of fused-ring (bicyclic) bond motifs is 1. The number of benzene rings is 2. The summed E-state index contributed by atoms with van der Waals surface area (Å²) in [7, 11) is 0. The van der Waals surface area contributed by atoms with Gasteiger partial charge < -0.3 is 14.7 Å². The van der Waals surface area contributed by atoms with Gasteiger partial charge in [0.05, 0.1) is 5.56 Å². The van der Waals surface area contributed by atoms with Gasteiger partial charge in [0.25, 0.3) is 0 Å². The maximum absolute atomic E-state index is 11.0. The number of para-hydroxylation sites is 1. The Hall–Kier alpha value is -2.49. The fraction of sp³-hybridized carbons (Fsp3) is 0.235. The first kappa shape index (κ1) is 13.5. The maximum atomic E-state index is 11.0. The van der Waals surface area contributed by atoms with Crippen LogP contribution < -0.4 is 9.64 Å². The Morgan fingerprint density at radius 1 is 1.19 bits per heavy atom. The van der Waals surface area contributed by atoms with Gasteiger partial charge in [-0.3, -0.25) is 0 Å². The average molecular weight is 283 g/mol. The summed E-state index contributed by atoms with van der Waals surface area (Å²) in [6.45, 7) is 1.38. The predicted molar refractivity (Wildman–Crippen MR) is 81.0 cm³/mol. The molecule has 108 valence electrons. The monoisotopic (exact) mass is 283 g/mol. The van der Waals surface area contributed by atoms with Crippen molar-refractivity contribution in [2.24, 2.45) is 0 Å². The van der Waals surface area contributed by atoms with E-state index in [-0.39, 0.29) is 5.56 Å². The van der Waals surface area contributed by atoms with E-state index >= 15 is 0 Å². The maximum Gasteiger partial charge on any atom is 0.335 e. The fourth-order valence-electron chi connectivity index (χ4n) is 2.62. The zero-order chi connectivity index (χ0) is 14.7. The highest BCUT2D eigenvalue weighted by atomic mass is 16.5. The Kier molecular flexibility index (Phi) is 3.77. The van der Waals surface area contributed by atoms with Crippen molar-refractivity contribution in [1.29, 1.82) is 0 Å². The number of aromatic carboxylic acids is 1. The summed E-state index contributed by atoms with van der Waals surface area (Å²) in [6.07, 6.45) is 2.21. The van der Waals surface area contributed by atoms with E-state index in [4.69, 9.17) is 9.84 Å². The molecule has 0 unspecified atom stereocenters. The van der Waals surface area contributed by atoms with Gasteiger partial charge in [0.15, 0.2) is 6.73 Å². The quantitative estimate of drug-likeness (QED) is 0.936. The van der Waals surface area contributed by atoms with Crippen molar-refractivity contribution < 1.29 is 14.6 Å². The largest absolute Gasteiger partial charge is 0.478 e. The third kappa shape index (κ3) is 2.99. The number of hydrogen-bond acceptors (Lipinski definition) is 3. The topological polar surface area (TPSA) is 49.8 Å². The van der Waals surface area contributed by atoms with E-state index in [9.17, 15) is 4.79 Å². The first-order chi connectivity index (χ1) is 10.2. The summed E-state index contributed by atoms with van der Waals surface area (Å²) >= 11 is 0. The third-order valence-corrected chi connectivity index (χ3v) is 3.67. The van der Waals surface area contributed by atoms with Crippen molar-refractivity contribution in [2.45, 2.75) is 12.8 Å². The minimum Gasteiger partial charge on any atom is -0.478 e. The Balaban J connectivity index is 1.71. The number of nitrogens with zero attached hydrogens (tertiary/aromatic N) is 1. The number of hydrogen-bond donors (Lipinski definition) is 1. The van der Waals surface area contributed by atoms with Crippen LogP contribution in [0.15, 0.2) is 48.5 Å². The van der Waals surface area contributed by atoms with Crippen LogP contribution in [0.4, 0.5) is 5.69 Å². The number of carboxylic acids is 1. The number of anilines is 1. The number of carboxylic acid groups (broad SMARTS) is 1. The summed E-state index contributed by atoms with van der Waals surface area (Å²) in [5, 5.41) is 8.99. The second-order valence-electron chi connectivity index (χ2n) is 5.10. The van der Waals surface area contributed by atoms with Crippen LogP contribution in [0.5, 0.6) is 5.75 Å². The molecule has 1 aliphatic rings. The lowest BCUT2D eigenvalue weighted by Gasteiger charge is -2.30. The SMILES string of the molecule is O=C(O)c1cccc(OCN2CCCc3ccccc32)c1. The van der Waals surface area contributed by atoms with Crippen molar-refractivity contribution >= 4 is 11.7 Å². The van der Waals surface area contributed by atoms with Gasteiger partial charge >= 0.3 is 5.97 Å². The summed E-state index contributed by atoms with van der Waals surface area (Å²) in [5.74, 6) is -0.360. The molecule has 2 aromatic carbocycles. The van der Waals surface area contributed by atoms with Gasteiger partial charge in [-0.15, -0.1) is 0 Å². The number of aryl methyl sites for hydroxylation is 1. The lowest BCUT2D eigenvalue weighted by molar-refractivity contribution is 0.0696. The predicted octanol–water partition coefficient (Wildman–Crippen LogP) is 3.17. The van der Waals surface area contributed by atoms with Crippen LogP contribution in [-0.2, 0) is 6.42 Å². The van der Waals surface area contributed by atoms with Crippen LogP contribution >= 0.6 is 0 Å². The molecular formula is C17H17NO3. The Morgan fingerprint density at radius 2 is 2.05 bits per heavy atom. The lowest BCUT2D eigenvalue weighted by atomic mass is 10.0. The number of ether oxygens (including phenoxy) is 1. The highest BCUT2D eigenvalue weighted by Gasteiger charge is 2.16. The van der Waals surface area contributed by atoms with Gasteiger partial charge in [-0.05, 0) is 42.7 Å². The second kappa shape index (κ2) is 5.87. The Bertz CT molecular complexity index is 654. The highest BCUT2D eigenvalue weighted by Crippen LogP contribution is 2.26. The van der Waals surface area contributed by atoms with Gasteiger partial charge in [-0.2, -0.15) is 0 Å². The molecule has 0 saturated carbocycles. The first-order valence-electron chi connectivity index (χ1n) is 7.03. The van der Waals surface area contributed by atoms with Crippen LogP contribution in [0, 0.1) is 0 Å². The van der Waals surface area contributed by atoms with Gasteiger partial charge in [-0.1, -0.05) is 24.3 Å². The Morgan fingerprint density at radius 3 is 2.90 bits per heavy atom. The molecule has 2 aromatic rings. The molecule has 1 N–H and O–H groups in total. The van der Waals surface area contributed by atoms with Gasteiger partial charge in [-0.25, -0.2) is 4.79 Å². The average Bonchev–Trinajstić information content (AvgIpc) is 2.53. The van der Waals surface area contributed by atoms with Crippen molar-refractivity contribution in [2.75, 3.05) is 18.2 Å². The minimum absolute atomic E-state index is 0.242. The van der Waals surface area contributed by atoms with E-state index in [0.29, 0.717) is 12.5 Å². The zero-order valence-corrected chi connectivity index (χ0v) is 11.7. The number of carbonyl (C=O) groups is 1. The van der Waals surface area contributed by atoms with E-state index in [0.717, 1.165) is 19.4 Å². The minimum atomic E-state index is -0.941. The van der Waals surface area contributed by atoms with Crippen LogP contribution in [0.2, 0.25) is 0 Å². The summed E-state index contributed by atoms with van der Waals surface area (Å²) in [5.41, 5.74) is 2.79. The molecule has 3 rings (SSSR count). The smallest absolute Gasteiger partial charge is 0.335 e. The standard InChI is InChI=1S/C17H17NO3/c19-17(20)14-6-3-8-15(11-14)21-12-18-10-4-7-13-5-1-2-9-16(13)18/h1-3,5-6,8-9,11H,4,7,10,12H2,(H,19,20). The van der Waals surface area contributed by atoms with Crippen molar-refractivity contribution in [1.82, 2.24) is 0 Å². The first-order valence-corrected chi connectivity index (χ1v) is 7.03. The summed E-state index contributed by atoms with van der Waals surface area (Å²) in [4.78, 5) is 13.1. The lowest BCUT2D eigenvalue weighted by Crippen LogP contribution is -2.32. The molecule has 1 aliphatic heterocycles. The van der Waals surface area contributed by atoms with E-state index in [2.05, 4.69) is 23.1 Å². The van der Waals surface area contributed by atoms with E-state index in [1.807, 2.05) is 6.07 Å². The summed E-state index contributed by atoms with van der Waals surface area (Å²) < 4.78 is 5.76. The third-order valence-electron chi connectivity index (χ3n) is 3.67. The van der Waals surface area contributed by atoms with Gasteiger partial charge in [0, 0.05) is 12.2 Å². The Labute approximate surface area is 123 Å². The van der Waals surface area contributed by atoms with Crippen LogP contribution in [0.25, 0.3) is 0 Å². The van der Waals surface area contributed by atoms with Crippen molar-refractivity contribution in [3.05, 3.63) is 59.7 Å². The van der Waals surface area contributed by atoms with Gasteiger partial charge in [0.1, 0.15) is 5.75 Å². The molecule has 0 atom stereocenters. The molecule has 21 heavy (non-hydrogen) atoms. The zero-order valence-electron chi connectivity index (χ0n) is 11.7. The van der Waals surface area contributed by atoms with Crippen molar-refractivity contribution in [3.63, 3.8) is 0 Å². The van der Waals surface area contributed by atoms with Gasteiger partial charge in [0.2, 0.25) is 0 Å².